The number of benzene rings is 1. The number of halogens is 1. The minimum absolute atomic E-state index is 0.357. The molecule has 5 nitrogen and oxygen atoms in total. The van der Waals surface area contributed by atoms with E-state index in [2.05, 4.69) is 22.8 Å². The predicted octanol–water partition coefficient (Wildman–Crippen LogP) is 3.21. The van der Waals surface area contributed by atoms with Gasteiger partial charge in [-0.15, -0.1) is 11.8 Å². The molecule has 1 fully saturated rings. The fourth-order valence-electron chi connectivity index (χ4n) is 3.37. The Kier molecular flexibility index (Phi) is 6.40. The molecule has 0 bridgehead atoms. The molecule has 1 aromatic carbocycles. The molecule has 2 heterocycles. The molecule has 2 N–H and O–H groups in total. The maximum atomic E-state index is 12.5. The summed E-state index contributed by atoms with van der Waals surface area (Å²) >= 11 is 7.76. The van der Waals surface area contributed by atoms with Gasteiger partial charge < -0.3 is 20.3 Å². The first-order valence-electron chi connectivity index (χ1n) is 9.16. The second-order valence-electron chi connectivity index (χ2n) is 6.81. The number of morpholine rings is 1. The molecule has 7 heteroatoms. The molecule has 1 aromatic rings. The number of hydrogen-bond acceptors (Lipinski definition) is 5. The fourth-order valence-corrected chi connectivity index (χ4v) is 4.33. The Morgan fingerprint density at radius 2 is 1.96 bits per heavy atom. The van der Waals surface area contributed by atoms with Gasteiger partial charge in [0.05, 0.1) is 13.2 Å². The number of thioether (sulfide) groups is 1. The molecule has 146 valence electrons. The average molecular weight is 408 g/mol. The SMILES string of the molecule is CCSC1=CC(C)(C(N)=O)N(Cc2ccc(Cl)cc2)C(N2CCOCC2)=C1. The van der Waals surface area contributed by atoms with Crippen molar-refractivity contribution in [2.75, 3.05) is 32.1 Å². The zero-order valence-corrected chi connectivity index (χ0v) is 17.4. The molecule has 2 aliphatic heterocycles. The number of carbonyl (C=O) groups excluding carboxylic acids is 1. The summed E-state index contributed by atoms with van der Waals surface area (Å²) in [6, 6.07) is 7.71. The van der Waals surface area contributed by atoms with E-state index in [1.807, 2.05) is 37.3 Å². The smallest absolute Gasteiger partial charge is 0.247 e. The molecule has 0 radical (unpaired) electrons. The molecule has 27 heavy (non-hydrogen) atoms. The Labute approximate surface area is 170 Å². The van der Waals surface area contributed by atoms with Crippen LogP contribution >= 0.6 is 23.4 Å². The van der Waals surface area contributed by atoms with Crippen molar-refractivity contribution in [2.24, 2.45) is 5.73 Å². The normalized spacial score (nSPS) is 23.1. The maximum absolute atomic E-state index is 12.5. The Bertz CT molecular complexity index is 744. The summed E-state index contributed by atoms with van der Waals surface area (Å²) in [6.07, 6.45) is 4.16. The van der Waals surface area contributed by atoms with E-state index >= 15 is 0 Å². The maximum Gasteiger partial charge on any atom is 0.247 e. The molecular formula is C20H26ClN3O2S. The van der Waals surface area contributed by atoms with E-state index in [1.54, 1.807) is 11.8 Å². The number of carbonyl (C=O) groups is 1. The monoisotopic (exact) mass is 407 g/mol. The molecule has 2 aliphatic rings. The van der Waals surface area contributed by atoms with Crippen LogP contribution in [-0.4, -0.2) is 53.3 Å². The third kappa shape index (κ3) is 4.45. The van der Waals surface area contributed by atoms with Gasteiger partial charge in [-0.2, -0.15) is 0 Å². The minimum atomic E-state index is -0.903. The van der Waals surface area contributed by atoms with Crippen LogP contribution in [0.4, 0.5) is 0 Å². The zero-order chi connectivity index (χ0) is 19.4. The molecule has 3 rings (SSSR count). The van der Waals surface area contributed by atoms with Crippen molar-refractivity contribution in [3.63, 3.8) is 0 Å². The fraction of sp³-hybridized carbons (Fsp3) is 0.450. The summed E-state index contributed by atoms with van der Waals surface area (Å²) in [5.74, 6) is 1.60. The van der Waals surface area contributed by atoms with E-state index in [-0.39, 0.29) is 5.91 Å². The van der Waals surface area contributed by atoms with Gasteiger partial charge >= 0.3 is 0 Å². The number of nitrogens with two attached hydrogens (primary N) is 1. The zero-order valence-electron chi connectivity index (χ0n) is 15.8. The highest BCUT2D eigenvalue weighted by atomic mass is 35.5. The van der Waals surface area contributed by atoms with Crippen molar-refractivity contribution in [1.82, 2.24) is 9.80 Å². The standard InChI is InChI=1S/C20H26ClN3O2S/c1-3-27-17-12-18(23-8-10-26-11-9-23)24(20(2,13-17)19(22)25)14-15-4-6-16(21)7-5-15/h4-7,12-13H,3,8-11,14H2,1-2H3,(H2,22,25). The molecule has 0 saturated carbocycles. The predicted molar refractivity (Wildman–Crippen MR) is 111 cm³/mol. The van der Waals surface area contributed by atoms with Gasteiger partial charge in [-0.3, -0.25) is 4.79 Å². The molecule has 1 unspecified atom stereocenters. The number of rotatable bonds is 6. The van der Waals surface area contributed by atoms with Gasteiger partial charge in [-0.1, -0.05) is 30.7 Å². The first-order valence-corrected chi connectivity index (χ1v) is 10.5. The third-order valence-corrected chi connectivity index (χ3v) is 6.04. The average Bonchev–Trinajstić information content (AvgIpc) is 2.66. The van der Waals surface area contributed by atoms with E-state index in [0.29, 0.717) is 24.8 Å². The van der Waals surface area contributed by atoms with Crippen molar-refractivity contribution in [2.45, 2.75) is 25.9 Å². The Morgan fingerprint density at radius 1 is 1.30 bits per heavy atom. The Morgan fingerprint density at radius 3 is 2.56 bits per heavy atom. The van der Waals surface area contributed by atoms with Crippen LogP contribution in [0.25, 0.3) is 0 Å². The molecule has 0 aliphatic carbocycles. The minimum Gasteiger partial charge on any atom is -0.378 e. The van der Waals surface area contributed by atoms with Gasteiger partial charge in [-0.25, -0.2) is 0 Å². The number of primary amides is 1. The highest BCUT2D eigenvalue weighted by molar-refractivity contribution is 8.03. The van der Waals surface area contributed by atoms with E-state index < -0.39 is 5.54 Å². The van der Waals surface area contributed by atoms with Crippen LogP contribution in [0, 0.1) is 0 Å². The van der Waals surface area contributed by atoms with Crippen LogP contribution in [0.3, 0.4) is 0 Å². The summed E-state index contributed by atoms with van der Waals surface area (Å²) in [5, 5.41) is 0.695. The topological polar surface area (TPSA) is 58.8 Å². The lowest BCUT2D eigenvalue weighted by molar-refractivity contribution is -0.127. The molecule has 0 spiro atoms. The van der Waals surface area contributed by atoms with E-state index in [9.17, 15) is 4.79 Å². The highest BCUT2D eigenvalue weighted by Crippen LogP contribution is 2.36. The largest absolute Gasteiger partial charge is 0.378 e. The number of allylic oxidation sites excluding steroid dienone is 1. The summed E-state index contributed by atoms with van der Waals surface area (Å²) in [4.78, 5) is 18.0. The van der Waals surface area contributed by atoms with Crippen molar-refractivity contribution >= 4 is 29.3 Å². The van der Waals surface area contributed by atoms with Crippen LogP contribution in [0.5, 0.6) is 0 Å². The second-order valence-corrected chi connectivity index (χ2v) is 8.58. The summed E-state index contributed by atoms with van der Waals surface area (Å²) in [5.41, 5.74) is 6.07. The Balaban J connectivity index is 2.01. The molecule has 1 saturated heterocycles. The first kappa shape index (κ1) is 20.1. The van der Waals surface area contributed by atoms with E-state index in [0.717, 1.165) is 35.1 Å². The van der Waals surface area contributed by atoms with Crippen LogP contribution in [0.2, 0.25) is 5.02 Å². The molecule has 1 atom stereocenters. The summed E-state index contributed by atoms with van der Waals surface area (Å²) in [7, 11) is 0. The third-order valence-electron chi connectivity index (χ3n) is 4.93. The van der Waals surface area contributed by atoms with Gasteiger partial charge in [0, 0.05) is 29.6 Å². The number of ether oxygens (including phenoxy) is 1. The molecular weight excluding hydrogens is 382 g/mol. The van der Waals surface area contributed by atoms with Crippen LogP contribution in [0.1, 0.15) is 19.4 Å². The van der Waals surface area contributed by atoms with Gasteiger partial charge in [0.15, 0.2) is 0 Å². The van der Waals surface area contributed by atoms with Crippen LogP contribution in [0.15, 0.2) is 47.1 Å². The van der Waals surface area contributed by atoms with Crippen molar-refractivity contribution in [1.29, 1.82) is 0 Å². The number of nitrogens with zero attached hydrogens (tertiary/aromatic N) is 2. The van der Waals surface area contributed by atoms with Crippen molar-refractivity contribution in [3.8, 4) is 0 Å². The van der Waals surface area contributed by atoms with Gasteiger partial charge in [0.25, 0.3) is 0 Å². The second kappa shape index (κ2) is 8.59. The van der Waals surface area contributed by atoms with E-state index in [1.165, 1.54) is 0 Å². The van der Waals surface area contributed by atoms with E-state index in [4.69, 9.17) is 22.1 Å². The lowest BCUT2D eigenvalue weighted by Crippen LogP contribution is -2.57. The van der Waals surface area contributed by atoms with Crippen molar-refractivity contribution in [3.05, 3.63) is 57.7 Å². The Hall–Kier alpha value is -1.63. The lowest BCUT2D eigenvalue weighted by Gasteiger charge is -2.47. The van der Waals surface area contributed by atoms with Crippen molar-refractivity contribution < 1.29 is 9.53 Å². The number of hydrogen-bond donors (Lipinski definition) is 1. The van der Waals surface area contributed by atoms with Crippen LogP contribution < -0.4 is 5.73 Å². The quantitative estimate of drug-likeness (QED) is 0.784. The summed E-state index contributed by atoms with van der Waals surface area (Å²) in [6.45, 7) is 7.52. The van der Waals surface area contributed by atoms with Crippen LogP contribution in [-0.2, 0) is 16.1 Å². The van der Waals surface area contributed by atoms with Gasteiger partial charge in [0.1, 0.15) is 11.4 Å². The van der Waals surface area contributed by atoms with Gasteiger partial charge in [-0.05, 0) is 42.5 Å². The van der Waals surface area contributed by atoms with Gasteiger partial charge in [0.2, 0.25) is 5.91 Å². The number of amides is 1. The molecule has 0 aromatic heterocycles. The highest BCUT2D eigenvalue weighted by Gasteiger charge is 2.41. The molecule has 1 amide bonds. The summed E-state index contributed by atoms with van der Waals surface area (Å²) < 4.78 is 5.52. The first-order chi connectivity index (χ1) is 12.9. The lowest BCUT2D eigenvalue weighted by atomic mass is 9.94.